The van der Waals surface area contributed by atoms with Crippen LogP contribution >= 0.6 is 11.6 Å². The van der Waals surface area contributed by atoms with E-state index in [-0.39, 0.29) is 17.2 Å². The largest absolute Gasteiger partial charge is 0.465 e. The Morgan fingerprint density at radius 2 is 1.45 bits per heavy atom. The van der Waals surface area contributed by atoms with E-state index in [1.54, 1.807) is 51.1 Å². The minimum Gasteiger partial charge on any atom is -0.465 e. The molecule has 2 atom stereocenters. The van der Waals surface area contributed by atoms with E-state index in [9.17, 15) is 49.1 Å². The van der Waals surface area contributed by atoms with Crippen LogP contribution in [-0.2, 0) is 34.6 Å². The fourth-order valence-corrected chi connectivity index (χ4v) is 6.10. The Morgan fingerprint density at radius 3 is 1.96 bits per heavy atom. The van der Waals surface area contributed by atoms with Gasteiger partial charge >= 0.3 is 24.5 Å². The molecule has 3 aromatic rings. The van der Waals surface area contributed by atoms with Gasteiger partial charge in [-0.3, -0.25) is 4.79 Å². The number of rotatable bonds is 7. The summed E-state index contributed by atoms with van der Waals surface area (Å²) in [4.78, 5) is 26.5. The van der Waals surface area contributed by atoms with Crippen molar-refractivity contribution in [2.24, 2.45) is 0 Å². The first-order valence-electron chi connectivity index (χ1n) is 15.8. The predicted molar refractivity (Wildman–Crippen MR) is 185 cm³/mol. The standard InChI is InChI=1S/C38H32F9NO3.CH3Cl/c1-6-7-8-24(31-11-9-25(14-22(31)3)35(50)51-5)13-21(2)32-12-10-28(36(39,40)41)17-27(32)20-48-23(4)33(19-34(48)49)26-15-29(37(42,43)44)18-30(16-26)38(45,46)47;1-2/h8-18,23,33H,19-20H2,1-5H3;1H3/b21-13+,24-8+;. The topological polar surface area (TPSA) is 46.6 Å². The Balaban J connectivity index is 0.00000372. The summed E-state index contributed by atoms with van der Waals surface area (Å²) in [5, 5.41) is 0. The molecule has 4 rings (SSSR count). The third kappa shape index (κ3) is 10.3. The molecule has 4 nitrogen and oxygen atoms in total. The molecule has 1 aliphatic heterocycles. The van der Waals surface area contributed by atoms with Gasteiger partial charge in [0.15, 0.2) is 0 Å². The number of ether oxygens (including phenoxy) is 1. The summed E-state index contributed by atoms with van der Waals surface area (Å²) in [6.07, 6.45) is -10.7. The summed E-state index contributed by atoms with van der Waals surface area (Å²) in [6.45, 7) is 6.02. The lowest BCUT2D eigenvalue weighted by Gasteiger charge is -2.27. The monoisotopic (exact) mass is 771 g/mol. The van der Waals surface area contributed by atoms with Crippen molar-refractivity contribution in [3.05, 3.63) is 117 Å². The smallest absolute Gasteiger partial charge is 0.416 e. The van der Waals surface area contributed by atoms with Gasteiger partial charge in [-0.25, -0.2) is 4.79 Å². The van der Waals surface area contributed by atoms with Gasteiger partial charge in [-0.05, 0) is 115 Å². The highest BCUT2D eigenvalue weighted by Crippen LogP contribution is 2.43. The zero-order valence-corrected chi connectivity index (χ0v) is 30.1. The number of nitrogens with zero attached hydrogens (tertiary/aromatic N) is 1. The highest BCUT2D eigenvalue weighted by molar-refractivity contribution is 6.15. The maximum absolute atomic E-state index is 13.9. The normalized spacial score (nSPS) is 16.8. The van der Waals surface area contributed by atoms with Gasteiger partial charge in [0.2, 0.25) is 5.91 Å². The van der Waals surface area contributed by atoms with Gasteiger partial charge in [-0.15, -0.1) is 17.5 Å². The fraction of sp³-hybridized carbons (Fsp3) is 0.333. The molecular formula is C39H35ClF9NO3. The third-order valence-electron chi connectivity index (χ3n) is 8.73. The first-order chi connectivity index (χ1) is 24.6. The van der Waals surface area contributed by atoms with E-state index in [0.717, 1.165) is 12.1 Å². The molecule has 1 saturated heterocycles. The van der Waals surface area contributed by atoms with E-state index in [1.807, 2.05) is 0 Å². The number of aryl methyl sites for hydroxylation is 1. The number of hydrogen-bond donors (Lipinski definition) is 0. The summed E-state index contributed by atoms with van der Waals surface area (Å²) >= 11 is 4.64. The van der Waals surface area contributed by atoms with E-state index in [2.05, 4.69) is 23.4 Å². The summed E-state index contributed by atoms with van der Waals surface area (Å²) < 4.78 is 128. The van der Waals surface area contributed by atoms with Crippen LogP contribution in [0.1, 0.15) is 88.0 Å². The molecule has 1 aliphatic rings. The van der Waals surface area contributed by atoms with E-state index < -0.39 is 72.0 Å². The number of hydrogen-bond acceptors (Lipinski definition) is 3. The fourth-order valence-electron chi connectivity index (χ4n) is 6.10. The minimum absolute atomic E-state index is 0.00346. The Bertz CT molecular complexity index is 1930. The lowest BCUT2D eigenvalue weighted by molar-refractivity contribution is -0.143. The zero-order valence-electron chi connectivity index (χ0n) is 29.4. The average molecular weight is 772 g/mol. The SMILES string of the molecule is CC#C/C=C(\C=C(/C)c1ccc(C(F)(F)F)cc1CN1C(=O)CC(c2cc(C(F)(F)F)cc(C(F)(F)F)c2)C1C)c1ccc(C(=O)OC)cc1C.CCl. The van der Waals surface area contributed by atoms with Crippen molar-refractivity contribution in [1.29, 1.82) is 0 Å². The van der Waals surface area contributed by atoms with Gasteiger partial charge in [0.25, 0.3) is 0 Å². The van der Waals surface area contributed by atoms with Crippen LogP contribution in [-0.4, -0.2) is 36.3 Å². The molecule has 1 fully saturated rings. The van der Waals surface area contributed by atoms with Crippen molar-refractivity contribution in [3.63, 3.8) is 0 Å². The maximum Gasteiger partial charge on any atom is 0.416 e. The predicted octanol–water partition coefficient (Wildman–Crippen LogP) is 11.1. The van der Waals surface area contributed by atoms with Crippen LogP contribution in [0.15, 0.2) is 66.7 Å². The molecule has 53 heavy (non-hydrogen) atoms. The number of amides is 1. The molecule has 0 radical (unpaired) electrons. The molecule has 0 saturated carbocycles. The van der Waals surface area contributed by atoms with Gasteiger partial charge in [0.1, 0.15) is 0 Å². The molecule has 0 aliphatic carbocycles. The zero-order chi connectivity index (χ0) is 40.1. The summed E-state index contributed by atoms with van der Waals surface area (Å²) in [7, 11) is 1.24. The number of methoxy groups -OCH3 is 1. The molecule has 2 unspecified atom stereocenters. The second-order valence-corrected chi connectivity index (χ2v) is 12.1. The molecule has 1 heterocycles. The Morgan fingerprint density at radius 1 is 0.887 bits per heavy atom. The first kappa shape index (κ1) is 42.7. The van der Waals surface area contributed by atoms with Crippen molar-refractivity contribution in [1.82, 2.24) is 4.90 Å². The Labute approximate surface area is 306 Å². The van der Waals surface area contributed by atoms with Gasteiger partial charge in [0.05, 0.1) is 29.4 Å². The molecule has 0 N–H and O–H groups in total. The van der Waals surface area contributed by atoms with Crippen molar-refractivity contribution in [2.45, 2.75) is 71.1 Å². The van der Waals surface area contributed by atoms with Crippen molar-refractivity contribution in [2.75, 3.05) is 13.5 Å². The van der Waals surface area contributed by atoms with Crippen molar-refractivity contribution < 1.29 is 53.8 Å². The second kappa shape index (κ2) is 17.0. The number of likely N-dealkylation sites (tertiary alicyclic amines) is 1. The van der Waals surface area contributed by atoms with Crippen LogP contribution in [0, 0.1) is 18.8 Å². The Hall–Kier alpha value is -4.70. The van der Waals surface area contributed by atoms with Gasteiger partial charge in [0, 0.05) is 31.3 Å². The lowest BCUT2D eigenvalue weighted by atomic mass is 9.89. The lowest BCUT2D eigenvalue weighted by Crippen LogP contribution is -2.32. The third-order valence-corrected chi connectivity index (χ3v) is 8.73. The van der Waals surface area contributed by atoms with Crippen LogP contribution in [0.5, 0.6) is 0 Å². The van der Waals surface area contributed by atoms with Gasteiger partial charge in [-0.2, -0.15) is 39.5 Å². The number of benzene rings is 3. The molecule has 1 amide bonds. The first-order valence-corrected chi connectivity index (χ1v) is 16.6. The van der Waals surface area contributed by atoms with E-state index >= 15 is 0 Å². The van der Waals surface area contributed by atoms with Crippen LogP contribution in [0.25, 0.3) is 11.1 Å². The molecule has 0 aromatic heterocycles. The quantitative estimate of drug-likeness (QED) is 0.0790. The molecule has 14 heteroatoms. The average Bonchev–Trinajstić information content (AvgIpc) is 3.37. The van der Waals surface area contributed by atoms with E-state index in [0.29, 0.717) is 45.5 Å². The van der Waals surface area contributed by atoms with Crippen molar-refractivity contribution >= 4 is 34.6 Å². The number of carbonyl (C=O) groups excluding carboxylic acids is 2. The minimum atomic E-state index is -5.10. The number of esters is 1. The number of alkyl halides is 10. The summed E-state index contributed by atoms with van der Waals surface area (Å²) in [5.74, 6) is 3.29. The number of carbonyl (C=O) groups is 2. The second-order valence-electron chi connectivity index (χ2n) is 12.1. The Kier molecular flexibility index (Phi) is 13.7. The number of allylic oxidation sites excluding steroid dienone is 4. The highest BCUT2D eigenvalue weighted by Gasteiger charge is 2.42. The van der Waals surface area contributed by atoms with Gasteiger partial charge in [-0.1, -0.05) is 24.1 Å². The van der Waals surface area contributed by atoms with Crippen LogP contribution in [0.3, 0.4) is 0 Å². The van der Waals surface area contributed by atoms with Crippen molar-refractivity contribution in [3.8, 4) is 11.8 Å². The van der Waals surface area contributed by atoms with Crippen LogP contribution in [0.2, 0.25) is 0 Å². The molecule has 0 spiro atoms. The molecule has 3 aromatic carbocycles. The van der Waals surface area contributed by atoms with Gasteiger partial charge < -0.3 is 9.64 Å². The van der Waals surface area contributed by atoms with Crippen LogP contribution < -0.4 is 0 Å². The number of halogens is 10. The summed E-state index contributed by atoms with van der Waals surface area (Å²) in [5.41, 5.74) is -1.43. The molecule has 284 valence electrons. The van der Waals surface area contributed by atoms with Crippen LogP contribution in [0.4, 0.5) is 39.5 Å². The summed E-state index contributed by atoms with van der Waals surface area (Å²) in [6, 6.07) is 7.99. The maximum atomic E-state index is 13.9. The highest BCUT2D eigenvalue weighted by atomic mass is 35.5. The molecular weight excluding hydrogens is 737 g/mol. The van der Waals surface area contributed by atoms with E-state index in [4.69, 9.17) is 4.74 Å². The molecule has 0 bridgehead atoms. The van der Waals surface area contributed by atoms with E-state index in [1.165, 1.54) is 31.4 Å².